The van der Waals surface area contributed by atoms with E-state index < -0.39 is 27.4 Å². The molecule has 11 heteroatoms. The number of sulfonamides is 1. The first-order chi connectivity index (χ1) is 12.7. The summed E-state index contributed by atoms with van der Waals surface area (Å²) in [4.78, 5) is 22.2. The lowest BCUT2D eigenvalue weighted by molar-refractivity contribution is -0.384. The fourth-order valence-electron chi connectivity index (χ4n) is 2.07. The molecule has 0 atom stereocenters. The Morgan fingerprint density at radius 2 is 1.96 bits per heavy atom. The number of anilines is 1. The summed E-state index contributed by atoms with van der Waals surface area (Å²) < 4.78 is 24.8. The van der Waals surface area contributed by atoms with Crippen molar-refractivity contribution >= 4 is 45.1 Å². The fraction of sp³-hybridized carbons (Fsp3) is 0.125. The van der Waals surface area contributed by atoms with Gasteiger partial charge in [-0.1, -0.05) is 23.7 Å². The summed E-state index contributed by atoms with van der Waals surface area (Å²) in [6.45, 7) is -0.493. The molecule has 1 N–H and O–H groups in total. The van der Waals surface area contributed by atoms with Crippen LogP contribution in [0.1, 0.15) is 5.56 Å². The highest BCUT2D eigenvalue weighted by Crippen LogP contribution is 2.20. The SMILES string of the molecule is CS(=O)(=O)N(CC(=O)N/N=C\c1cccc([N+](=O)[O-])c1)c1ccc(Cl)cc1. The topological polar surface area (TPSA) is 122 Å². The highest BCUT2D eigenvalue weighted by atomic mass is 35.5. The number of hydrazone groups is 1. The average Bonchev–Trinajstić information content (AvgIpc) is 2.60. The number of carbonyl (C=O) groups is 1. The van der Waals surface area contributed by atoms with Crippen LogP contribution < -0.4 is 9.73 Å². The van der Waals surface area contributed by atoms with Crippen LogP contribution in [-0.2, 0) is 14.8 Å². The van der Waals surface area contributed by atoms with Crippen LogP contribution in [0.15, 0.2) is 53.6 Å². The lowest BCUT2D eigenvalue weighted by Crippen LogP contribution is -2.38. The highest BCUT2D eigenvalue weighted by Gasteiger charge is 2.20. The molecule has 0 bridgehead atoms. The number of nitrogens with one attached hydrogen (secondary N) is 1. The second kappa shape index (κ2) is 8.60. The third-order valence-corrected chi connectivity index (χ3v) is 4.68. The number of benzene rings is 2. The van der Waals surface area contributed by atoms with Crippen molar-refractivity contribution in [3.8, 4) is 0 Å². The summed E-state index contributed by atoms with van der Waals surface area (Å²) >= 11 is 5.79. The van der Waals surface area contributed by atoms with Crippen LogP contribution in [0.5, 0.6) is 0 Å². The second-order valence-electron chi connectivity index (χ2n) is 5.39. The summed E-state index contributed by atoms with van der Waals surface area (Å²) in [6.07, 6.45) is 2.19. The molecule has 9 nitrogen and oxygen atoms in total. The smallest absolute Gasteiger partial charge is 0.270 e. The van der Waals surface area contributed by atoms with E-state index >= 15 is 0 Å². The molecule has 142 valence electrons. The lowest BCUT2D eigenvalue weighted by Gasteiger charge is -2.21. The minimum Gasteiger partial charge on any atom is -0.271 e. The summed E-state index contributed by atoms with van der Waals surface area (Å²) in [5.74, 6) is -0.683. The normalized spacial score (nSPS) is 11.3. The molecule has 27 heavy (non-hydrogen) atoms. The van der Waals surface area contributed by atoms with Crippen molar-refractivity contribution in [2.24, 2.45) is 5.10 Å². The van der Waals surface area contributed by atoms with Crippen molar-refractivity contribution in [1.82, 2.24) is 5.43 Å². The van der Waals surface area contributed by atoms with Crippen LogP contribution in [-0.4, -0.2) is 38.3 Å². The van der Waals surface area contributed by atoms with E-state index in [1.807, 2.05) is 0 Å². The number of carbonyl (C=O) groups excluding carboxylic acids is 1. The van der Waals surface area contributed by atoms with Crippen LogP contribution in [0.3, 0.4) is 0 Å². The standard InChI is InChI=1S/C16H15ClN4O5S/c1-27(25,26)20(14-7-5-13(17)6-8-14)11-16(22)19-18-10-12-3-2-4-15(9-12)21(23)24/h2-10H,11H2,1H3,(H,19,22)/b18-10-. The third kappa shape index (κ3) is 6.04. The van der Waals surface area contributed by atoms with Gasteiger partial charge in [0.15, 0.2) is 0 Å². The Labute approximate surface area is 160 Å². The van der Waals surface area contributed by atoms with Gasteiger partial charge in [0.2, 0.25) is 10.0 Å². The Balaban J connectivity index is 2.07. The van der Waals surface area contributed by atoms with Gasteiger partial charge in [-0.3, -0.25) is 19.2 Å². The van der Waals surface area contributed by atoms with Gasteiger partial charge in [0, 0.05) is 22.7 Å². The van der Waals surface area contributed by atoms with Crippen molar-refractivity contribution in [1.29, 1.82) is 0 Å². The van der Waals surface area contributed by atoms with Gasteiger partial charge < -0.3 is 0 Å². The van der Waals surface area contributed by atoms with E-state index in [1.54, 1.807) is 6.07 Å². The van der Waals surface area contributed by atoms with Crippen molar-refractivity contribution < 1.29 is 18.1 Å². The molecular weight excluding hydrogens is 396 g/mol. The van der Waals surface area contributed by atoms with E-state index in [2.05, 4.69) is 10.5 Å². The van der Waals surface area contributed by atoms with Crippen LogP contribution >= 0.6 is 11.6 Å². The van der Waals surface area contributed by atoms with Gasteiger partial charge in [0.25, 0.3) is 11.6 Å². The Hall–Kier alpha value is -2.98. The van der Waals surface area contributed by atoms with Gasteiger partial charge in [-0.15, -0.1) is 0 Å². The molecule has 0 spiro atoms. The molecule has 0 saturated carbocycles. The maximum Gasteiger partial charge on any atom is 0.270 e. The molecule has 2 rings (SSSR count). The zero-order chi connectivity index (χ0) is 20.0. The molecule has 2 aromatic rings. The number of halogens is 1. The number of non-ortho nitro benzene ring substituents is 1. The Bertz CT molecular complexity index is 977. The quantitative estimate of drug-likeness (QED) is 0.425. The Morgan fingerprint density at radius 1 is 1.30 bits per heavy atom. The van der Waals surface area contributed by atoms with Gasteiger partial charge in [-0.2, -0.15) is 5.10 Å². The molecule has 0 unspecified atom stereocenters. The number of nitrogens with zero attached hydrogens (tertiary/aromatic N) is 3. The molecule has 0 aliphatic rings. The molecular formula is C16H15ClN4O5S. The summed E-state index contributed by atoms with van der Waals surface area (Å²) in [5.41, 5.74) is 2.76. The van der Waals surface area contributed by atoms with Gasteiger partial charge in [0.05, 0.1) is 23.1 Å². The summed E-state index contributed by atoms with van der Waals surface area (Å²) in [5, 5.41) is 14.9. The molecule has 0 aliphatic carbocycles. The van der Waals surface area contributed by atoms with Crippen molar-refractivity contribution in [3.63, 3.8) is 0 Å². The zero-order valence-corrected chi connectivity index (χ0v) is 15.6. The van der Waals surface area contributed by atoms with Crippen LogP contribution in [0, 0.1) is 10.1 Å². The molecule has 0 aliphatic heterocycles. The van der Waals surface area contributed by atoms with Gasteiger partial charge in [0.1, 0.15) is 6.54 Å². The largest absolute Gasteiger partial charge is 0.271 e. The molecule has 0 saturated heterocycles. The maximum atomic E-state index is 12.0. The first-order valence-electron chi connectivity index (χ1n) is 7.46. The minimum atomic E-state index is -3.72. The number of amides is 1. The Kier molecular flexibility index (Phi) is 6.48. The summed E-state index contributed by atoms with van der Waals surface area (Å²) in [6, 6.07) is 11.6. The van der Waals surface area contributed by atoms with Gasteiger partial charge in [-0.25, -0.2) is 13.8 Å². The molecule has 0 aromatic heterocycles. The van der Waals surface area contributed by atoms with E-state index in [4.69, 9.17) is 11.6 Å². The number of nitro benzene ring substituents is 1. The first-order valence-corrected chi connectivity index (χ1v) is 9.69. The van der Waals surface area contributed by atoms with Crippen molar-refractivity contribution in [2.45, 2.75) is 0 Å². The molecule has 1 amide bonds. The molecule has 0 fully saturated rings. The van der Waals surface area contributed by atoms with E-state index in [0.717, 1.165) is 10.6 Å². The van der Waals surface area contributed by atoms with E-state index in [9.17, 15) is 23.3 Å². The molecule has 0 heterocycles. The predicted octanol–water partition coefficient (Wildman–Crippen LogP) is 2.16. The zero-order valence-electron chi connectivity index (χ0n) is 14.1. The van der Waals surface area contributed by atoms with E-state index in [1.165, 1.54) is 48.7 Å². The monoisotopic (exact) mass is 410 g/mol. The number of rotatable bonds is 7. The van der Waals surface area contributed by atoms with Crippen LogP contribution in [0.25, 0.3) is 0 Å². The molecule has 2 aromatic carbocycles. The highest BCUT2D eigenvalue weighted by molar-refractivity contribution is 7.92. The summed E-state index contributed by atoms with van der Waals surface area (Å²) in [7, 11) is -3.72. The van der Waals surface area contributed by atoms with Gasteiger partial charge in [-0.05, 0) is 24.3 Å². The van der Waals surface area contributed by atoms with Crippen LogP contribution in [0.4, 0.5) is 11.4 Å². The number of hydrogen-bond acceptors (Lipinski definition) is 6. The Morgan fingerprint density at radius 3 is 2.56 bits per heavy atom. The second-order valence-corrected chi connectivity index (χ2v) is 7.73. The maximum absolute atomic E-state index is 12.0. The van der Waals surface area contributed by atoms with Gasteiger partial charge >= 0.3 is 0 Å². The van der Waals surface area contributed by atoms with E-state index in [-0.39, 0.29) is 11.4 Å². The molecule has 0 radical (unpaired) electrons. The average molecular weight is 411 g/mol. The predicted molar refractivity (Wildman–Crippen MR) is 102 cm³/mol. The van der Waals surface area contributed by atoms with Crippen LogP contribution in [0.2, 0.25) is 5.02 Å². The minimum absolute atomic E-state index is 0.115. The number of nitro groups is 1. The lowest BCUT2D eigenvalue weighted by atomic mass is 10.2. The fourth-order valence-corrected chi connectivity index (χ4v) is 3.05. The van der Waals surface area contributed by atoms with E-state index in [0.29, 0.717) is 10.6 Å². The third-order valence-electron chi connectivity index (χ3n) is 3.29. The number of hydrogen-bond donors (Lipinski definition) is 1. The first kappa shape index (κ1) is 20.3. The van der Waals surface area contributed by atoms with Crippen molar-refractivity contribution in [3.05, 3.63) is 69.2 Å². The van der Waals surface area contributed by atoms with Crippen molar-refractivity contribution in [2.75, 3.05) is 17.1 Å².